The maximum absolute atomic E-state index is 14.5. The van der Waals surface area contributed by atoms with Crippen molar-refractivity contribution in [3.05, 3.63) is 94.6 Å². The average molecular weight is 533 g/mol. The molecule has 0 bridgehead atoms. The first-order valence-corrected chi connectivity index (χ1v) is 12.4. The number of amides is 3. The summed E-state index contributed by atoms with van der Waals surface area (Å²) in [6.07, 6.45) is 2.16. The minimum Gasteiger partial charge on any atom is -0.361 e. The lowest BCUT2D eigenvalue weighted by atomic mass is 9.76. The normalized spacial score (nSPS) is 25.9. The van der Waals surface area contributed by atoms with Crippen LogP contribution in [0.2, 0.25) is 5.02 Å². The Hall–Kier alpha value is -4.08. The van der Waals surface area contributed by atoms with Crippen LogP contribution in [0.25, 0.3) is 10.9 Å². The molecule has 38 heavy (non-hydrogen) atoms. The zero-order chi connectivity index (χ0) is 26.3. The van der Waals surface area contributed by atoms with Crippen LogP contribution in [0.15, 0.2) is 66.9 Å². The van der Waals surface area contributed by atoms with Crippen LogP contribution >= 0.6 is 11.6 Å². The number of nitrogens with zero attached hydrogens (tertiary/aromatic N) is 1. The summed E-state index contributed by atoms with van der Waals surface area (Å²) < 4.78 is 28.3. The van der Waals surface area contributed by atoms with Crippen molar-refractivity contribution in [3.63, 3.8) is 0 Å². The molecule has 7 nitrogen and oxygen atoms in total. The Morgan fingerprint density at radius 1 is 0.974 bits per heavy atom. The van der Waals surface area contributed by atoms with Gasteiger partial charge in [0.15, 0.2) is 0 Å². The Labute approximate surface area is 219 Å². The largest absolute Gasteiger partial charge is 0.361 e. The van der Waals surface area contributed by atoms with Crippen molar-refractivity contribution in [2.45, 2.75) is 18.0 Å². The number of aromatic amines is 1. The van der Waals surface area contributed by atoms with Gasteiger partial charge in [0, 0.05) is 34.4 Å². The first-order valence-electron chi connectivity index (χ1n) is 12.1. The summed E-state index contributed by atoms with van der Waals surface area (Å²) in [5.41, 5.74) is 0.909. The van der Waals surface area contributed by atoms with E-state index in [4.69, 9.17) is 11.6 Å². The van der Waals surface area contributed by atoms with Crippen LogP contribution in [-0.2, 0) is 26.3 Å². The Morgan fingerprint density at radius 3 is 2.61 bits per heavy atom. The molecule has 4 atom stereocenters. The van der Waals surface area contributed by atoms with Crippen LogP contribution in [0.1, 0.15) is 11.1 Å². The highest BCUT2D eigenvalue weighted by molar-refractivity contribution is 6.32. The number of para-hydroxylation sites is 1. The second kappa shape index (κ2) is 7.96. The quantitative estimate of drug-likeness (QED) is 0.344. The molecule has 3 aliphatic heterocycles. The summed E-state index contributed by atoms with van der Waals surface area (Å²) in [4.78, 5) is 45.7. The lowest BCUT2D eigenvalue weighted by molar-refractivity contribution is -0.130. The number of halogens is 3. The molecule has 3 aliphatic rings. The summed E-state index contributed by atoms with van der Waals surface area (Å²) in [6, 6.07) is 14.5. The first-order chi connectivity index (χ1) is 18.3. The third-order valence-electron chi connectivity index (χ3n) is 7.95. The molecule has 7 rings (SSSR count). The number of hydrogen-bond donors (Lipinski definition) is 3. The van der Waals surface area contributed by atoms with E-state index >= 15 is 0 Å². The van der Waals surface area contributed by atoms with Gasteiger partial charge < -0.3 is 10.3 Å². The van der Waals surface area contributed by atoms with Gasteiger partial charge in [-0.1, -0.05) is 29.8 Å². The van der Waals surface area contributed by atoms with Gasteiger partial charge in [-0.2, -0.15) is 0 Å². The number of anilines is 2. The molecule has 190 valence electrons. The van der Waals surface area contributed by atoms with E-state index in [9.17, 15) is 23.2 Å². The monoisotopic (exact) mass is 532 g/mol. The van der Waals surface area contributed by atoms with E-state index in [2.05, 4.69) is 15.6 Å². The van der Waals surface area contributed by atoms with Crippen molar-refractivity contribution in [2.75, 3.05) is 10.2 Å². The van der Waals surface area contributed by atoms with Crippen molar-refractivity contribution in [2.24, 2.45) is 11.8 Å². The van der Waals surface area contributed by atoms with Crippen molar-refractivity contribution >= 4 is 51.6 Å². The number of hydrogen-bond acceptors (Lipinski definition) is 4. The minimum absolute atomic E-state index is 0.111. The van der Waals surface area contributed by atoms with E-state index < -0.39 is 52.8 Å². The molecule has 3 N–H and O–H groups in total. The molecular formula is C28H19ClF2N4O3. The lowest BCUT2D eigenvalue weighted by Crippen LogP contribution is -2.53. The molecule has 3 amide bonds. The maximum atomic E-state index is 14.5. The Morgan fingerprint density at radius 2 is 1.79 bits per heavy atom. The average Bonchev–Trinajstić information content (AvgIpc) is 3.60. The van der Waals surface area contributed by atoms with E-state index in [0.717, 1.165) is 27.4 Å². The SMILES string of the molecule is O=C1[C@@H]2[C@H](Cc3c[nH]c4ccccc34)N[C@@]3(C(=O)Nc4ccc(F)cc43)[C@@H]2C(=O)N1c1ccc(F)c(Cl)c1. The van der Waals surface area contributed by atoms with Crippen molar-refractivity contribution in [1.82, 2.24) is 10.3 Å². The molecule has 4 aromatic rings. The van der Waals surface area contributed by atoms with E-state index in [1.54, 1.807) is 0 Å². The van der Waals surface area contributed by atoms with Crippen LogP contribution in [0.3, 0.4) is 0 Å². The number of imide groups is 1. The summed E-state index contributed by atoms with van der Waals surface area (Å²) in [5, 5.41) is 6.78. The zero-order valence-electron chi connectivity index (χ0n) is 19.6. The molecule has 0 aliphatic carbocycles. The predicted octanol–water partition coefficient (Wildman–Crippen LogP) is 4.27. The zero-order valence-corrected chi connectivity index (χ0v) is 20.4. The fraction of sp³-hybridized carbons (Fsp3) is 0.179. The fourth-order valence-corrected chi connectivity index (χ4v) is 6.54. The summed E-state index contributed by atoms with van der Waals surface area (Å²) >= 11 is 5.97. The standard InChI is InChI=1S/C28H19ClF2N4O3/c29-18-11-15(6-7-19(18)31)35-25(36)23-22(9-13-12-32-20-4-2-1-3-16(13)20)34-28(24(23)26(35)37)17-10-14(30)5-8-21(17)33-27(28)38/h1-8,10-12,22-24,32,34H,9H2,(H,33,38)/t22-,23+,24-,28+/m0/s1. The molecule has 4 heterocycles. The van der Waals surface area contributed by atoms with Crippen LogP contribution in [-0.4, -0.2) is 28.7 Å². The van der Waals surface area contributed by atoms with Gasteiger partial charge in [0.05, 0.1) is 22.5 Å². The highest BCUT2D eigenvalue weighted by Crippen LogP contribution is 2.54. The van der Waals surface area contributed by atoms with Crippen LogP contribution in [0.5, 0.6) is 0 Å². The third-order valence-corrected chi connectivity index (χ3v) is 8.24. The summed E-state index contributed by atoms with van der Waals surface area (Å²) in [5.74, 6) is -5.06. The Bertz CT molecular complexity index is 1700. The smallest absolute Gasteiger partial charge is 0.250 e. The van der Waals surface area contributed by atoms with E-state index in [0.29, 0.717) is 12.1 Å². The van der Waals surface area contributed by atoms with Crippen molar-refractivity contribution in [3.8, 4) is 0 Å². The van der Waals surface area contributed by atoms with Crippen LogP contribution in [0.4, 0.5) is 20.2 Å². The van der Waals surface area contributed by atoms with Crippen LogP contribution < -0.4 is 15.5 Å². The second-order valence-electron chi connectivity index (χ2n) is 9.88. The second-order valence-corrected chi connectivity index (χ2v) is 10.3. The number of carbonyl (C=O) groups excluding carboxylic acids is 3. The molecule has 1 spiro atoms. The van der Waals surface area contributed by atoms with Gasteiger partial charge in [0.25, 0.3) is 0 Å². The van der Waals surface area contributed by atoms with Gasteiger partial charge in [-0.25, -0.2) is 13.7 Å². The first kappa shape index (κ1) is 23.1. The molecule has 0 unspecified atom stereocenters. The number of H-pyrrole nitrogens is 1. The number of carbonyl (C=O) groups is 3. The number of fused-ring (bicyclic) bond motifs is 5. The third kappa shape index (κ3) is 3.00. The van der Waals surface area contributed by atoms with Gasteiger partial charge >= 0.3 is 0 Å². The molecule has 10 heteroatoms. The van der Waals surface area contributed by atoms with Gasteiger partial charge in [-0.15, -0.1) is 0 Å². The molecule has 2 fully saturated rings. The molecule has 1 aromatic heterocycles. The number of aromatic nitrogens is 1. The van der Waals surface area contributed by atoms with Crippen molar-refractivity contribution in [1.29, 1.82) is 0 Å². The molecular weight excluding hydrogens is 514 g/mol. The van der Waals surface area contributed by atoms with E-state index in [-0.39, 0.29) is 16.3 Å². The number of nitrogens with one attached hydrogen (secondary N) is 3. The highest BCUT2D eigenvalue weighted by atomic mass is 35.5. The molecule has 0 saturated carbocycles. The van der Waals surface area contributed by atoms with E-state index in [1.807, 2.05) is 30.5 Å². The molecule has 0 radical (unpaired) electrons. The van der Waals surface area contributed by atoms with Gasteiger partial charge in [-0.05, 0) is 54.4 Å². The number of rotatable bonds is 3. The summed E-state index contributed by atoms with van der Waals surface area (Å²) in [7, 11) is 0. The van der Waals surface area contributed by atoms with Gasteiger partial charge in [-0.3, -0.25) is 19.7 Å². The predicted molar refractivity (Wildman–Crippen MR) is 137 cm³/mol. The lowest BCUT2D eigenvalue weighted by Gasteiger charge is -2.29. The maximum Gasteiger partial charge on any atom is 0.250 e. The topological polar surface area (TPSA) is 94.3 Å². The molecule has 2 saturated heterocycles. The summed E-state index contributed by atoms with van der Waals surface area (Å²) in [6.45, 7) is 0. The van der Waals surface area contributed by atoms with Crippen LogP contribution in [0, 0.1) is 23.5 Å². The number of benzene rings is 3. The van der Waals surface area contributed by atoms with Gasteiger partial charge in [0.1, 0.15) is 17.2 Å². The Kier molecular flexibility index (Phi) is 4.83. The fourth-order valence-electron chi connectivity index (χ4n) is 6.36. The van der Waals surface area contributed by atoms with Gasteiger partial charge in [0.2, 0.25) is 17.7 Å². The van der Waals surface area contributed by atoms with E-state index in [1.165, 1.54) is 30.3 Å². The van der Waals surface area contributed by atoms with Crippen molar-refractivity contribution < 1.29 is 23.2 Å². The molecule has 3 aromatic carbocycles. The highest BCUT2D eigenvalue weighted by Gasteiger charge is 2.70. The Balaban J connectivity index is 1.39. The minimum atomic E-state index is -1.66.